The average molecular weight is 399 g/mol. The van der Waals surface area contributed by atoms with Crippen molar-refractivity contribution in [2.45, 2.75) is 13.1 Å². The Bertz CT molecular complexity index is 783. The quantitative estimate of drug-likeness (QED) is 0.411. The lowest BCUT2D eigenvalue weighted by Crippen LogP contribution is -2.44. The number of halogens is 3. The first-order valence-electron chi connectivity index (χ1n) is 7.81. The molecular formula is C17H16F3N3O5. The molecule has 3 amide bonds. The zero-order valence-electron chi connectivity index (χ0n) is 14.6. The first-order valence-corrected chi connectivity index (χ1v) is 7.81. The minimum Gasteiger partial charge on any atom is -0.494 e. The van der Waals surface area contributed by atoms with Crippen LogP contribution < -0.4 is 15.4 Å². The second kappa shape index (κ2) is 10.6. The van der Waals surface area contributed by atoms with Crippen LogP contribution in [0.15, 0.2) is 29.8 Å². The first kappa shape index (κ1) is 22.5. The van der Waals surface area contributed by atoms with Crippen LogP contribution in [0.4, 0.5) is 18.0 Å². The standard InChI is InChI=1S/C17H16F3N3O5/c1-2-27-13-5-3-11(4-6-13)7-12(8-21)15(25)28-9-14(24)23-16(26)22-10-17(18,19)20/h3-7H,2,9-10H2,1H3,(H2,22,23,24,26)/b12-7+. The van der Waals surface area contributed by atoms with Gasteiger partial charge in [-0.25, -0.2) is 9.59 Å². The van der Waals surface area contributed by atoms with Crippen molar-refractivity contribution >= 4 is 24.0 Å². The first-order chi connectivity index (χ1) is 13.1. The van der Waals surface area contributed by atoms with E-state index in [4.69, 9.17) is 10.00 Å². The highest BCUT2D eigenvalue weighted by Crippen LogP contribution is 2.15. The summed E-state index contributed by atoms with van der Waals surface area (Å²) >= 11 is 0. The van der Waals surface area contributed by atoms with Crippen LogP contribution in [0.2, 0.25) is 0 Å². The van der Waals surface area contributed by atoms with Crippen molar-refractivity contribution in [1.29, 1.82) is 5.26 Å². The van der Waals surface area contributed by atoms with Crippen LogP contribution in [-0.4, -0.2) is 43.8 Å². The summed E-state index contributed by atoms with van der Waals surface area (Å²) in [5, 5.41) is 12.0. The molecule has 1 aromatic carbocycles. The van der Waals surface area contributed by atoms with Crippen LogP contribution in [0.1, 0.15) is 12.5 Å². The van der Waals surface area contributed by atoms with Gasteiger partial charge in [-0.2, -0.15) is 18.4 Å². The Labute approximate surface area is 157 Å². The average Bonchev–Trinajstić information content (AvgIpc) is 2.63. The van der Waals surface area contributed by atoms with E-state index >= 15 is 0 Å². The molecule has 0 saturated heterocycles. The fourth-order valence-electron chi connectivity index (χ4n) is 1.73. The molecule has 0 aliphatic rings. The molecule has 0 unspecified atom stereocenters. The lowest BCUT2D eigenvalue weighted by atomic mass is 10.1. The summed E-state index contributed by atoms with van der Waals surface area (Å²) in [5.41, 5.74) is 0.0754. The minimum atomic E-state index is -4.64. The number of nitrogens with one attached hydrogen (secondary N) is 2. The Morgan fingerprint density at radius 2 is 1.86 bits per heavy atom. The zero-order chi connectivity index (χ0) is 21.2. The number of benzene rings is 1. The molecule has 1 aromatic rings. The summed E-state index contributed by atoms with van der Waals surface area (Å²) in [6.45, 7) is -0.301. The maximum absolute atomic E-state index is 11.9. The van der Waals surface area contributed by atoms with Gasteiger partial charge in [0.2, 0.25) is 0 Å². The molecular weight excluding hydrogens is 383 g/mol. The van der Waals surface area contributed by atoms with Gasteiger partial charge in [0, 0.05) is 0 Å². The van der Waals surface area contributed by atoms with Crippen molar-refractivity contribution in [3.63, 3.8) is 0 Å². The molecule has 1 rings (SSSR count). The molecule has 0 aromatic heterocycles. The number of ether oxygens (including phenoxy) is 2. The van der Waals surface area contributed by atoms with E-state index in [9.17, 15) is 27.6 Å². The van der Waals surface area contributed by atoms with Gasteiger partial charge in [-0.15, -0.1) is 0 Å². The Morgan fingerprint density at radius 1 is 1.21 bits per heavy atom. The second-order valence-electron chi connectivity index (χ2n) is 5.09. The lowest BCUT2D eigenvalue weighted by Gasteiger charge is -2.09. The van der Waals surface area contributed by atoms with E-state index in [1.807, 2.05) is 6.92 Å². The molecule has 0 aliphatic heterocycles. The van der Waals surface area contributed by atoms with E-state index in [1.165, 1.54) is 11.4 Å². The van der Waals surface area contributed by atoms with Crippen molar-refractivity contribution in [1.82, 2.24) is 10.6 Å². The highest BCUT2D eigenvalue weighted by Gasteiger charge is 2.28. The molecule has 0 bridgehead atoms. The fourth-order valence-corrected chi connectivity index (χ4v) is 1.73. The molecule has 0 heterocycles. The van der Waals surface area contributed by atoms with Crippen LogP contribution in [0.5, 0.6) is 5.75 Å². The molecule has 0 saturated carbocycles. The van der Waals surface area contributed by atoms with Gasteiger partial charge >= 0.3 is 18.2 Å². The smallest absolute Gasteiger partial charge is 0.405 e. The van der Waals surface area contributed by atoms with Crippen LogP contribution >= 0.6 is 0 Å². The van der Waals surface area contributed by atoms with Gasteiger partial charge in [0.25, 0.3) is 5.91 Å². The third kappa shape index (κ3) is 8.70. The molecule has 0 spiro atoms. The number of amides is 3. The van der Waals surface area contributed by atoms with Crippen molar-refractivity contribution in [3.8, 4) is 11.8 Å². The predicted molar refractivity (Wildman–Crippen MR) is 89.8 cm³/mol. The second-order valence-corrected chi connectivity index (χ2v) is 5.09. The number of carbonyl (C=O) groups excluding carboxylic acids is 3. The monoisotopic (exact) mass is 399 g/mol. The predicted octanol–water partition coefficient (Wildman–Crippen LogP) is 1.92. The lowest BCUT2D eigenvalue weighted by molar-refractivity contribution is -0.144. The van der Waals surface area contributed by atoms with Crippen molar-refractivity contribution in [3.05, 3.63) is 35.4 Å². The molecule has 0 radical (unpaired) electrons. The fraction of sp³-hybridized carbons (Fsp3) is 0.294. The van der Waals surface area contributed by atoms with Gasteiger partial charge < -0.3 is 14.8 Å². The van der Waals surface area contributed by atoms with Crippen LogP contribution in [0.3, 0.4) is 0 Å². The largest absolute Gasteiger partial charge is 0.494 e. The summed E-state index contributed by atoms with van der Waals surface area (Å²) in [6.07, 6.45) is -3.42. The number of hydrogen-bond donors (Lipinski definition) is 2. The number of carbonyl (C=O) groups is 3. The van der Waals surface area contributed by atoms with E-state index in [0.29, 0.717) is 17.9 Å². The van der Waals surface area contributed by atoms with E-state index in [1.54, 1.807) is 35.7 Å². The van der Waals surface area contributed by atoms with E-state index in [-0.39, 0.29) is 0 Å². The number of rotatable bonds is 7. The van der Waals surface area contributed by atoms with Crippen LogP contribution in [0, 0.1) is 11.3 Å². The molecule has 28 heavy (non-hydrogen) atoms. The number of urea groups is 1. The number of nitrogens with zero attached hydrogens (tertiary/aromatic N) is 1. The highest BCUT2D eigenvalue weighted by molar-refractivity contribution is 6.00. The normalized spacial score (nSPS) is 11.2. The Kier molecular flexibility index (Phi) is 8.48. The van der Waals surface area contributed by atoms with E-state index < -0.39 is 42.8 Å². The number of alkyl halides is 3. The van der Waals surface area contributed by atoms with Crippen molar-refractivity contribution in [2.75, 3.05) is 19.8 Å². The SMILES string of the molecule is CCOc1ccc(/C=C(\C#N)C(=O)OCC(=O)NC(=O)NCC(F)(F)F)cc1. The summed E-state index contributed by atoms with van der Waals surface area (Å²) in [6, 6.07) is 6.65. The molecule has 2 N–H and O–H groups in total. The van der Waals surface area contributed by atoms with Gasteiger partial charge in [-0.05, 0) is 30.7 Å². The van der Waals surface area contributed by atoms with E-state index in [0.717, 1.165) is 0 Å². The zero-order valence-corrected chi connectivity index (χ0v) is 14.6. The summed E-state index contributed by atoms with van der Waals surface area (Å²) < 4.78 is 45.6. The molecule has 11 heteroatoms. The number of hydrogen-bond acceptors (Lipinski definition) is 6. The maximum Gasteiger partial charge on any atom is 0.405 e. The third-order valence-electron chi connectivity index (χ3n) is 2.88. The van der Waals surface area contributed by atoms with Crippen molar-refractivity contribution in [2.24, 2.45) is 0 Å². The molecule has 0 aliphatic carbocycles. The summed E-state index contributed by atoms with van der Waals surface area (Å²) in [7, 11) is 0. The topological polar surface area (TPSA) is 118 Å². The number of nitriles is 1. The van der Waals surface area contributed by atoms with Crippen molar-refractivity contribution < 1.29 is 37.0 Å². The van der Waals surface area contributed by atoms with Gasteiger partial charge in [0.05, 0.1) is 6.61 Å². The number of esters is 1. The minimum absolute atomic E-state index is 0.418. The van der Waals surface area contributed by atoms with Gasteiger partial charge in [-0.1, -0.05) is 12.1 Å². The molecule has 0 atom stereocenters. The Hall–Kier alpha value is -3.55. The van der Waals surface area contributed by atoms with Gasteiger partial charge in [-0.3, -0.25) is 10.1 Å². The van der Waals surface area contributed by atoms with Crippen LogP contribution in [0.25, 0.3) is 6.08 Å². The third-order valence-corrected chi connectivity index (χ3v) is 2.88. The maximum atomic E-state index is 11.9. The summed E-state index contributed by atoms with van der Waals surface area (Å²) in [4.78, 5) is 34.3. The Balaban J connectivity index is 2.56. The van der Waals surface area contributed by atoms with Gasteiger partial charge in [0.15, 0.2) is 6.61 Å². The molecule has 0 fully saturated rings. The van der Waals surface area contributed by atoms with E-state index in [2.05, 4.69) is 4.74 Å². The Morgan fingerprint density at radius 3 is 2.39 bits per heavy atom. The van der Waals surface area contributed by atoms with Crippen LogP contribution in [-0.2, 0) is 14.3 Å². The highest BCUT2D eigenvalue weighted by atomic mass is 19.4. The molecule has 8 nitrogen and oxygen atoms in total. The van der Waals surface area contributed by atoms with Gasteiger partial charge in [0.1, 0.15) is 23.9 Å². The molecule has 150 valence electrons. The summed E-state index contributed by atoms with van der Waals surface area (Å²) in [5.74, 6) is -1.70. The number of imide groups is 1.